The van der Waals surface area contributed by atoms with Gasteiger partial charge in [-0.15, -0.1) is 0 Å². The van der Waals surface area contributed by atoms with Crippen molar-refractivity contribution in [3.8, 4) is 6.07 Å². The summed E-state index contributed by atoms with van der Waals surface area (Å²) in [5.74, 6) is 3.12. The van der Waals surface area contributed by atoms with Gasteiger partial charge >= 0.3 is 6.03 Å². The summed E-state index contributed by atoms with van der Waals surface area (Å²) in [6.45, 7) is 3.05. The lowest BCUT2D eigenvalue weighted by Gasteiger charge is -2.56. The molecule has 1 aromatic rings. The fourth-order valence-corrected chi connectivity index (χ4v) is 7.10. The van der Waals surface area contributed by atoms with Crippen LogP contribution in [0.2, 0.25) is 0 Å². The third kappa shape index (κ3) is 4.78. The molecule has 6 rings (SSSR count). The van der Waals surface area contributed by atoms with E-state index in [4.69, 9.17) is 0 Å². The Kier molecular flexibility index (Phi) is 6.13. The van der Waals surface area contributed by atoms with E-state index in [1.807, 2.05) is 4.90 Å². The van der Waals surface area contributed by atoms with E-state index in [-0.39, 0.29) is 17.5 Å². The van der Waals surface area contributed by atoms with Gasteiger partial charge in [-0.1, -0.05) is 0 Å². The van der Waals surface area contributed by atoms with Crippen molar-refractivity contribution in [2.45, 2.75) is 56.9 Å². The quantitative estimate of drug-likeness (QED) is 0.718. The van der Waals surface area contributed by atoms with Crippen molar-refractivity contribution in [3.63, 3.8) is 0 Å². The van der Waals surface area contributed by atoms with Gasteiger partial charge in [-0.05, 0) is 74.8 Å². The van der Waals surface area contributed by atoms with Crippen LogP contribution in [0.3, 0.4) is 0 Å². The van der Waals surface area contributed by atoms with Gasteiger partial charge in [-0.25, -0.2) is 9.78 Å². The standard InChI is InChI=1S/C25H34N6O2/c26-17-21-3-1-5-27-23(21)31-8-2-7-30(9-10-31)22(32)4-6-28-24(33)29-25-14-18-11-19(15-25)13-20(12-18)16-25/h1,3,5,18-20H,2,4,6-16H2,(H2,28,29,33). The first-order valence-corrected chi connectivity index (χ1v) is 12.5. The first-order chi connectivity index (χ1) is 16.0. The third-order valence-corrected chi connectivity index (χ3v) is 8.10. The molecule has 1 aliphatic heterocycles. The maximum Gasteiger partial charge on any atom is 0.315 e. The molecule has 1 aromatic heterocycles. The number of urea groups is 1. The first-order valence-electron chi connectivity index (χ1n) is 12.5. The second kappa shape index (κ2) is 9.20. The van der Waals surface area contributed by atoms with Crippen molar-refractivity contribution in [2.24, 2.45) is 17.8 Å². The molecule has 8 heteroatoms. The Morgan fingerprint density at radius 2 is 1.82 bits per heavy atom. The van der Waals surface area contributed by atoms with Crippen molar-refractivity contribution < 1.29 is 9.59 Å². The number of hydrogen-bond donors (Lipinski definition) is 2. The molecular formula is C25H34N6O2. The maximum atomic E-state index is 12.8. The minimum atomic E-state index is -0.119. The number of anilines is 1. The van der Waals surface area contributed by atoms with Crippen LogP contribution in [0.25, 0.3) is 0 Å². The molecule has 8 nitrogen and oxygen atoms in total. The number of pyridine rings is 1. The summed E-state index contributed by atoms with van der Waals surface area (Å²) >= 11 is 0. The van der Waals surface area contributed by atoms with Crippen molar-refractivity contribution in [1.29, 1.82) is 5.26 Å². The van der Waals surface area contributed by atoms with Gasteiger partial charge in [-0.2, -0.15) is 5.26 Å². The smallest absolute Gasteiger partial charge is 0.315 e. The van der Waals surface area contributed by atoms with Crippen LogP contribution >= 0.6 is 0 Å². The first kappa shape index (κ1) is 22.0. The van der Waals surface area contributed by atoms with Crippen LogP contribution in [-0.4, -0.2) is 60.1 Å². The van der Waals surface area contributed by atoms with Gasteiger partial charge in [0, 0.05) is 50.9 Å². The van der Waals surface area contributed by atoms with E-state index in [0.29, 0.717) is 44.0 Å². The lowest BCUT2D eigenvalue weighted by atomic mass is 9.53. The SMILES string of the molecule is N#Cc1cccnc1N1CCCN(C(=O)CCNC(=O)NC23CC4CC(CC(C4)C2)C3)CC1. The largest absolute Gasteiger partial charge is 0.354 e. The Hall–Kier alpha value is -2.82. The van der Waals surface area contributed by atoms with E-state index >= 15 is 0 Å². The monoisotopic (exact) mass is 450 g/mol. The summed E-state index contributed by atoms with van der Waals surface area (Å²) in [5, 5.41) is 15.6. The van der Waals surface area contributed by atoms with E-state index < -0.39 is 0 Å². The number of nitrogens with one attached hydrogen (secondary N) is 2. The highest BCUT2D eigenvalue weighted by atomic mass is 16.2. The molecule has 4 bridgehead atoms. The number of nitriles is 1. The van der Waals surface area contributed by atoms with Gasteiger partial charge in [-0.3, -0.25) is 4.79 Å². The van der Waals surface area contributed by atoms with Crippen LogP contribution in [0.15, 0.2) is 18.3 Å². The topological polar surface area (TPSA) is 101 Å². The van der Waals surface area contributed by atoms with Gasteiger partial charge in [0.15, 0.2) is 0 Å². The molecule has 33 heavy (non-hydrogen) atoms. The van der Waals surface area contributed by atoms with Crippen LogP contribution < -0.4 is 15.5 Å². The summed E-state index contributed by atoms with van der Waals surface area (Å²) in [4.78, 5) is 33.7. The van der Waals surface area contributed by atoms with E-state index in [2.05, 4.69) is 26.6 Å². The van der Waals surface area contributed by atoms with Gasteiger partial charge in [0.2, 0.25) is 5.91 Å². The highest BCUT2D eigenvalue weighted by molar-refractivity contribution is 5.78. The summed E-state index contributed by atoms with van der Waals surface area (Å²) in [7, 11) is 0. The van der Waals surface area contributed by atoms with Crippen molar-refractivity contribution in [3.05, 3.63) is 23.9 Å². The Morgan fingerprint density at radius 3 is 2.52 bits per heavy atom. The average molecular weight is 451 g/mol. The predicted molar refractivity (Wildman–Crippen MR) is 124 cm³/mol. The molecule has 0 atom stereocenters. The Morgan fingerprint density at radius 1 is 1.09 bits per heavy atom. The molecule has 176 valence electrons. The number of amides is 3. The summed E-state index contributed by atoms with van der Waals surface area (Å²) in [6, 6.07) is 5.62. The summed E-state index contributed by atoms with van der Waals surface area (Å²) in [5.41, 5.74) is 0.552. The summed E-state index contributed by atoms with van der Waals surface area (Å²) in [6.07, 6.45) is 10.3. The number of aromatic nitrogens is 1. The predicted octanol–water partition coefficient (Wildman–Crippen LogP) is 2.65. The normalized spacial score (nSPS) is 30.5. The molecule has 0 aromatic carbocycles. The molecule has 2 heterocycles. The molecule has 5 fully saturated rings. The van der Waals surface area contributed by atoms with Gasteiger partial charge in [0.25, 0.3) is 0 Å². The van der Waals surface area contributed by atoms with Crippen molar-refractivity contribution in [1.82, 2.24) is 20.5 Å². The van der Waals surface area contributed by atoms with Crippen LogP contribution in [0.1, 0.15) is 56.9 Å². The molecule has 3 amide bonds. The molecule has 2 N–H and O–H groups in total. The van der Waals surface area contributed by atoms with Gasteiger partial charge < -0.3 is 20.4 Å². The van der Waals surface area contributed by atoms with E-state index in [1.165, 1.54) is 19.3 Å². The molecule has 4 aliphatic carbocycles. The molecule has 5 aliphatic rings. The molecule has 1 saturated heterocycles. The van der Waals surface area contributed by atoms with Crippen molar-refractivity contribution >= 4 is 17.8 Å². The number of nitrogens with zero attached hydrogens (tertiary/aromatic N) is 4. The fraction of sp³-hybridized carbons (Fsp3) is 0.680. The Balaban J connectivity index is 1.07. The van der Waals surface area contributed by atoms with Crippen LogP contribution in [0, 0.1) is 29.1 Å². The zero-order valence-corrected chi connectivity index (χ0v) is 19.3. The Bertz CT molecular complexity index is 906. The lowest BCUT2D eigenvalue weighted by Crippen LogP contribution is -2.61. The number of carbonyl (C=O) groups excluding carboxylic acids is 2. The van der Waals surface area contributed by atoms with Crippen LogP contribution in [-0.2, 0) is 4.79 Å². The van der Waals surface area contributed by atoms with Crippen molar-refractivity contribution in [2.75, 3.05) is 37.6 Å². The minimum Gasteiger partial charge on any atom is -0.354 e. The lowest BCUT2D eigenvalue weighted by molar-refractivity contribution is -0.130. The Labute approximate surface area is 195 Å². The second-order valence-electron chi connectivity index (χ2n) is 10.5. The molecule has 0 radical (unpaired) electrons. The average Bonchev–Trinajstić information content (AvgIpc) is 3.04. The molecule has 0 unspecified atom stereocenters. The second-order valence-corrected chi connectivity index (χ2v) is 10.5. The molecular weight excluding hydrogens is 416 g/mol. The highest BCUT2D eigenvalue weighted by Crippen LogP contribution is 2.55. The summed E-state index contributed by atoms with van der Waals surface area (Å²) < 4.78 is 0. The van der Waals surface area contributed by atoms with E-state index in [1.54, 1.807) is 18.3 Å². The minimum absolute atomic E-state index is 0.00909. The molecule has 4 saturated carbocycles. The fourth-order valence-electron chi connectivity index (χ4n) is 7.10. The number of carbonyl (C=O) groups is 2. The van der Waals surface area contributed by atoms with Gasteiger partial charge in [0.1, 0.15) is 11.9 Å². The zero-order valence-electron chi connectivity index (χ0n) is 19.3. The molecule has 0 spiro atoms. The van der Waals surface area contributed by atoms with E-state index in [0.717, 1.165) is 50.0 Å². The highest BCUT2D eigenvalue weighted by Gasteiger charge is 2.51. The van der Waals surface area contributed by atoms with Crippen LogP contribution in [0.5, 0.6) is 0 Å². The zero-order chi connectivity index (χ0) is 22.8. The van der Waals surface area contributed by atoms with E-state index in [9.17, 15) is 14.9 Å². The van der Waals surface area contributed by atoms with Crippen LogP contribution in [0.4, 0.5) is 10.6 Å². The maximum absolute atomic E-state index is 12.8. The number of hydrogen-bond acceptors (Lipinski definition) is 5. The third-order valence-electron chi connectivity index (χ3n) is 8.10. The van der Waals surface area contributed by atoms with Gasteiger partial charge in [0.05, 0.1) is 5.56 Å². The number of rotatable bonds is 5.